The van der Waals surface area contributed by atoms with Crippen molar-refractivity contribution >= 4 is 12.1 Å². The number of amides is 1. The topological polar surface area (TPSA) is 58.6 Å². The van der Waals surface area contributed by atoms with Gasteiger partial charge in [0.1, 0.15) is 0 Å². The number of hydrogen-bond acceptors (Lipinski definition) is 4. The quantitative estimate of drug-likeness (QED) is 0.449. The van der Waals surface area contributed by atoms with Crippen LogP contribution in [-0.2, 0) is 9.53 Å². The van der Waals surface area contributed by atoms with Crippen LogP contribution in [0.1, 0.15) is 19.8 Å². The Morgan fingerprint density at radius 3 is 2.86 bits per heavy atom. The molecule has 2 saturated heterocycles. The zero-order valence-electron chi connectivity index (χ0n) is 8.32. The van der Waals surface area contributed by atoms with Crippen LogP contribution < -0.4 is 5.32 Å². The molecule has 0 bridgehead atoms. The second-order valence-electron chi connectivity index (χ2n) is 3.99. The van der Waals surface area contributed by atoms with Crippen LogP contribution in [0.2, 0.25) is 0 Å². The number of esters is 1. The van der Waals surface area contributed by atoms with Crippen LogP contribution in [0, 0.1) is 5.92 Å². The maximum absolute atomic E-state index is 11.4. The first kappa shape index (κ1) is 9.45. The number of carbonyl (C=O) groups excluding carboxylic acids is 2. The minimum Gasteiger partial charge on any atom is -0.376 e. The lowest BCUT2D eigenvalue weighted by Gasteiger charge is -2.42. The number of rotatable bonds is 0. The third kappa shape index (κ3) is 1.37. The molecule has 0 saturated carbocycles. The number of piperidine rings is 1. The van der Waals surface area contributed by atoms with E-state index in [0.29, 0.717) is 6.04 Å². The first-order valence-corrected chi connectivity index (χ1v) is 4.84. The molecule has 78 valence electrons. The van der Waals surface area contributed by atoms with Crippen LogP contribution in [0.5, 0.6) is 0 Å². The van der Waals surface area contributed by atoms with Crippen LogP contribution in [-0.4, -0.2) is 36.2 Å². The van der Waals surface area contributed by atoms with Gasteiger partial charge in [-0.25, -0.2) is 4.79 Å². The number of carbonyl (C=O) groups is 2. The average Bonchev–Trinajstić information content (AvgIpc) is 2.14. The summed E-state index contributed by atoms with van der Waals surface area (Å²) in [5.41, 5.74) is 0. The highest BCUT2D eigenvalue weighted by atomic mass is 16.6. The monoisotopic (exact) mass is 198 g/mol. The van der Waals surface area contributed by atoms with E-state index >= 15 is 0 Å². The molecule has 0 aromatic rings. The van der Waals surface area contributed by atoms with Crippen molar-refractivity contribution in [2.45, 2.75) is 32.0 Å². The molecular formula is C9H14N2O3. The lowest BCUT2D eigenvalue weighted by atomic mass is 9.91. The second kappa shape index (κ2) is 3.24. The Morgan fingerprint density at radius 2 is 2.14 bits per heavy atom. The Hall–Kier alpha value is -1.10. The van der Waals surface area contributed by atoms with Gasteiger partial charge in [-0.05, 0) is 19.8 Å². The summed E-state index contributed by atoms with van der Waals surface area (Å²) in [7, 11) is 1.65. The van der Waals surface area contributed by atoms with E-state index in [0.717, 1.165) is 12.8 Å². The van der Waals surface area contributed by atoms with Crippen LogP contribution >= 0.6 is 0 Å². The minimum atomic E-state index is -0.558. The van der Waals surface area contributed by atoms with Crippen molar-refractivity contribution in [1.82, 2.24) is 10.2 Å². The van der Waals surface area contributed by atoms with Crippen molar-refractivity contribution in [3.05, 3.63) is 0 Å². The van der Waals surface area contributed by atoms with E-state index in [1.54, 1.807) is 7.05 Å². The Kier molecular flexibility index (Phi) is 2.19. The van der Waals surface area contributed by atoms with Gasteiger partial charge in [0.2, 0.25) is 0 Å². The fraction of sp³-hybridized carbons (Fsp3) is 0.778. The van der Waals surface area contributed by atoms with Gasteiger partial charge in [-0.15, -0.1) is 0 Å². The van der Waals surface area contributed by atoms with Crippen LogP contribution in [0.4, 0.5) is 4.79 Å². The van der Waals surface area contributed by atoms with Gasteiger partial charge in [-0.1, -0.05) is 0 Å². The van der Waals surface area contributed by atoms with Crippen molar-refractivity contribution in [3.8, 4) is 0 Å². The molecule has 2 aliphatic rings. The van der Waals surface area contributed by atoms with Crippen LogP contribution in [0.15, 0.2) is 0 Å². The molecule has 3 atom stereocenters. The Bertz CT molecular complexity index is 279. The fourth-order valence-corrected chi connectivity index (χ4v) is 2.05. The molecule has 0 radical (unpaired) electrons. The first-order valence-electron chi connectivity index (χ1n) is 4.84. The maximum atomic E-state index is 11.4. The third-order valence-electron chi connectivity index (χ3n) is 2.94. The molecule has 0 spiro atoms. The molecule has 2 fully saturated rings. The van der Waals surface area contributed by atoms with Crippen LogP contribution in [0.3, 0.4) is 0 Å². The normalized spacial score (nSPS) is 37.9. The summed E-state index contributed by atoms with van der Waals surface area (Å²) < 4.78 is 4.61. The lowest BCUT2D eigenvalue weighted by Crippen LogP contribution is -2.62. The van der Waals surface area contributed by atoms with E-state index in [-0.39, 0.29) is 12.1 Å². The van der Waals surface area contributed by atoms with Gasteiger partial charge >= 0.3 is 12.1 Å². The number of cyclic esters (lactones) is 2. The molecule has 1 N–H and O–H groups in total. The summed E-state index contributed by atoms with van der Waals surface area (Å²) in [4.78, 5) is 24.1. The average molecular weight is 198 g/mol. The molecule has 0 aliphatic carbocycles. The Balaban J connectivity index is 2.19. The molecule has 3 unspecified atom stereocenters. The van der Waals surface area contributed by atoms with E-state index in [2.05, 4.69) is 17.0 Å². The van der Waals surface area contributed by atoms with Crippen molar-refractivity contribution < 1.29 is 14.3 Å². The third-order valence-corrected chi connectivity index (χ3v) is 2.94. The van der Waals surface area contributed by atoms with Crippen LogP contribution in [0.25, 0.3) is 0 Å². The fourth-order valence-electron chi connectivity index (χ4n) is 2.05. The predicted molar refractivity (Wildman–Crippen MR) is 48.4 cm³/mol. The summed E-state index contributed by atoms with van der Waals surface area (Å²) >= 11 is 0. The summed E-state index contributed by atoms with van der Waals surface area (Å²) in [5.74, 6) is -0.591. The zero-order valence-corrected chi connectivity index (χ0v) is 8.32. The number of ether oxygens (including phenoxy) is 1. The highest BCUT2D eigenvalue weighted by molar-refractivity contribution is 5.89. The molecule has 5 heteroatoms. The second-order valence-corrected chi connectivity index (χ2v) is 3.99. The van der Waals surface area contributed by atoms with Crippen molar-refractivity contribution in [3.63, 3.8) is 0 Å². The minimum absolute atomic E-state index is 0.188. The maximum Gasteiger partial charge on any atom is 0.418 e. The first-order chi connectivity index (χ1) is 6.59. The zero-order chi connectivity index (χ0) is 10.3. The predicted octanol–water partition coefficient (Wildman–Crippen LogP) is 0.309. The van der Waals surface area contributed by atoms with Gasteiger partial charge in [0.15, 0.2) is 0 Å². The SMILES string of the molecule is CC1CCC2C(=O)OC(=O)N(C)C2N1. The molecular weight excluding hydrogens is 184 g/mol. The van der Waals surface area contributed by atoms with E-state index in [1.807, 2.05) is 0 Å². The summed E-state index contributed by atoms with van der Waals surface area (Å²) in [6.45, 7) is 2.05. The number of nitrogens with one attached hydrogen (secondary N) is 1. The molecule has 2 rings (SSSR count). The van der Waals surface area contributed by atoms with Gasteiger partial charge in [0.05, 0.1) is 12.1 Å². The molecule has 0 aromatic heterocycles. The van der Waals surface area contributed by atoms with E-state index in [9.17, 15) is 9.59 Å². The highest BCUT2D eigenvalue weighted by Gasteiger charge is 2.44. The Morgan fingerprint density at radius 1 is 1.43 bits per heavy atom. The standard InChI is InChI=1S/C9H14N2O3/c1-5-3-4-6-7(10-5)11(2)9(13)14-8(6)12/h5-7,10H,3-4H2,1-2H3. The molecule has 14 heavy (non-hydrogen) atoms. The van der Waals surface area contributed by atoms with Gasteiger partial charge < -0.3 is 4.74 Å². The summed E-state index contributed by atoms with van der Waals surface area (Å²) in [5, 5.41) is 3.23. The molecule has 1 amide bonds. The van der Waals surface area contributed by atoms with Crippen molar-refractivity contribution in [1.29, 1.82) is 0 Å². The van der Waals surface area contributed by atoms with Gasteiger partial charge in [0, 0.05) is 13.1 Å². The smallest absolute Gasteiger partial charge is 0.376 e. The largest absolute Gasteiger partial charge is 0.418 e. The summed E-state index contributed by atoms with van der Waals surface area (Å²) in [6.07, 6.45) is 0.985. The van der Waals surface area contributed by atoms with Crippen molar-refractivity contribution in [2.24, 2.45) is 5.92 Å². The molecule has 2 heterocycles. The lowest BCUT2D eigenvalue weighted by molar-refractivity contribution is -0.153. The van der Waals surface area contributed by atoms with Gasteiger partial charge in [0.25, 0.3) is 0 Å². The molecule has 5 nitrogen and oxygen atoms in total. The number of hydrogen-bond donors (Lipinski definition) is 1. The molecule has 0 aromatic carbocycles. The van der Waals surface area contributed by atoms with Gasteiger partial charge in [-0.2, -0.15) is 0 Å². The van der Waals surface area contributed by atoms with E-state index < -0.39 is 12.1 Å². The number of nitrogens with zero attached hydrogens (tertiary/aromatic N) is 1. The van der Waals surface area contributed by atoms with Gasteiger partial charge in [-0.3, -0.25) is 15.0 Å². The number of fused-ring (bicyclic) bond motifs is 1. The van der Waals surface area contributed by atoms with Crippen molar-refractivity contribution in [2.75, 3.05) is 7.05 Å². The van der Waals surface area contributed by atoms with E-state index in [1.165, 1.54) is 4.90 Å². The molecule has 2 aliphatic heterocycles. The summed E-state index contributed by atoms with van der Waals surface area (Å²) in [6, 6.07) is 0.345. The Labute approximate surface area is 82.4 Å². The highest BCUT2D eigenvalue weighted by Crippen LogP contribution is 2.26. The van der Waals surface area contributed by atoms with E-state index in [4.69, 9.17) is 0 Å².